The van der Waals surface area contributed by atoms with Gasteiger partial charge in [0.1, 0.15) is 11.6 Å². The van der Waals surface area contributed by atoms with E-state index in [1.807, 2.05) is 20.8 Å². The van der Waals surface area contributed by atoms with Crippen LogP contribution in [0.4, 0.5) is 9.59 Å². The Bertz CT molecular complexity index is 761. The fourth-order valence-corrected chi connectivity index (χ4v) is 4.66. The van der Waals surface area contributed by atoms with E-state index in [0.29, 0.717) is 51.7 Å². The number of nitrogens with one attached hydrogen (secondary N) is 3. The molecule has 5 amide bonds. The lowest BCUT2D eigenvalue weighted by Gasteiger charge is -2.31. The van der Waals surface area contributed by atoms with E-state index >= 15 is 0 Å². The molecule has 34 heavy (non-hydrogen) atoms. The highest BCUT2D eigenvalue weighted by Crippen LogP contribution is 2.30. The van der Waals surface area contributed by atoms with E-state index in [2.05, 4.69) is 23.1 Å². The summed E-state index contributed by atoms with van der Waals surface area (Å²) in [5, 5.41) is 4.26. The summed E-state index contributed by atoms with van der Waals surface area (Å²) in [5.74, 6) is -0.894. The first-order valence-corrected chi connectivity index (χ1v) is 12.4. The lowest BCUT2D eigenvalue weighted by atomic mass is 9.85. The Kier molecular flexibility index (Phi) is 8.62. The molecule has 0 aromatic carbocycles. The van der Waals surface area contributed by atoms with Crippen molar-refractivity contribution < 1.29 is 28.8 Å². The number of carbonyl (C=O) groups excluding carboxylic acids is 4. The number of amides is 5. The van der Waals surface area contributed by atoms with Gasteiger partial charge in [-0.15, -0.1) is 0 Å². The molecule has 2 saturated heterocycles. The molecular formula is C23H39N5O6. The van der Waals surface area contributed by atoms with Gasteiger partial charge in [0.25, 0.3) is 5.91 Å². The average molecular weight is 482 g/mol. The van der Waals surface area contributed by atoms with Crippen LogP contribution in [0, 0.1) is 5.92 Å². The molecule has 0 radical (unpaired) electrons. The highest BCUT2D eigenvalue weighted by molar-refractivity contribution is 5.90. The van der Waals surface area contributed by atoms with Crippen molar-refractivity contribution in [3.63, 3.8) is 0 Å². The third-order valence-electron chi connectivity index (χ3n) is 6.48. The molecule has 3 fully saturated rings. The molecule has 3 rings (SSSR count). The number of ether oxygens (including phenoxy) is 1. The van der Waals surface area contributed by atoms with Crippen molar-refractivity contribution in [3.05, 3.63) is 0 Å². The van der Waals surface area contributed by atoms with Gasteiger partial charge in [0.2, 0.25) is 5.91 Å². The molecule has 0 aromatic heterocycles. The SMILES string of the molecule is CCCCON1C(=O)N2CC1CC[C@H]2C(=O)NNC(=O)[C@H]1CC[C@H](NC(=O)OC(C)(C)C)CC1. The van der Waals surface area contributed by atoms with Crippen molar-refractivity contribution in [3.8, 4) is 0 Å². The summed E-state index contributed by atoms with van der Waals surface area (Å²) >= 11 is 0. The van der Waals surface area contributed by atoms with Crippen LogP contribution in [0.15, 0.2) is 0 Å². The number of carbonyl (C=O) groups is 4. The number of fused-ring (bicyclic) bond motifs is 2. The Morgan fingerprint density at radius 3 is 2.32 bits per heavy atom. The monoisotopic (exact) mass is 481 g/mol. The molecule has 1 aliphatic carbocycles. The summed E-state index contributed by atoms with van der Waals surface area (Å²) in [6.45, 7) is 8.42. The summed E-state index contributed by atoms with van der Waals surface area (Å²) < 4.78 is 5.28. The number of hydroxylamine groups is 2. The van der Waals surface area contributed by atoms with Gasteiger partial charge < -0.3 is 15.0 Å². The van der Waals surface area contributed by atoms with Crippen molar-refractivity contribution in [2.24, 2.45) is 5.92 Å². The molecule has 1 saturated carbocycles. The minimum absolute atomic E-state index is 0.0347. The quantitative estimate of drug-likeness (QED) is 0.378. The molecule has 0 aromatic rings. The maximum atomic E-state index is 12.7. The highest BCUT2D eigenvalue weighted by atomic mass is 16.7. The Hall–Kier alpha value is -2.56. The highest BCUT2D eigenvalue weighted by Gasteiger charge is 2.48. The van der Waals surface area contributed by atoms with E-state index in [0.717, 1.165) is 12.8 Å². The summed E-state index contributed by atoms with van der Waals surface area (Å²) in [4.78, 5) is 57.1. The number of piperidine rings is 1. The predicted octanol–water partition coefficient (Wildman–Crippen LogP) is 2.22. The number of rotatable bonds is 7. The number of hydrazine groups is 1. The van der Waals surface area contributed by atoms with Crippen LogP contribution in [-0.2, 0) is 19.2 Å². The molecule has 3 N–H and O–H groups in total. The predicted molar refractivity (Wildman–Crippen MR) is 123 cm³/mol. The molecule has 2 heterocycles. The average Bonchev–Trinajstić information content (AvgIpc) is 3.01. The van der Waals surface area contributed by atoms with Crippen LogP contribution >= 0.6 is 0 Å². The smallest absolute Gasteiger partial charge is 0.407 e. The molecule has 2 aliphatic heterocycles. The van der Waals surface area contributed by atoms with Crippen molar-refractivity contribution in [1.82, 2.24) is 26.1 Å². The minimum Gasteiger partial charge on any atom is -0.444 e. The van der Waals surface area contributed by atoms with Gasteiger partial charge in [0.15, 0.2) is 0 Å². The minimum atomic E-state index is -0.627. The fraction of sp³-hybridized carbons (Fsp3) is 0.826. The summed E-state index contributed by atoms with van der Waals surface area (Å²) in [6.07, 6.45) is 5.10. The van der Waals surface area contributed by atoms with Gasteiger partial charge in [-0.25, -0.2) is 9.59 Å². The second-order valence-corrected chi connectivity index (χ2v) is 10.4. The Morgan fingerprint density at radius 2 is 1.68 bits per heavy atom. The van der Waals surface area contributed by atoms with Gasteiger partial charge in [-0.3, -0.25) is 25.3 Å². The zero-order valence-electron chi connectivity index (χ0n) is 20.7. The molecule has 11 nitrogen and oxygen atoms in total. The van der Waals surface area contributed by atoms with Crippen LogP contribution in [0.3, 0.4) is 0 Å². The van der Waals surface area contributed by atoms with Gasteiger partial charge in [0.05, 0.1) is 12.6 Å². The standard InChI is InChI=1S/C23H39N5O6/c1-5-6-13-33-28-17-11-12-18(27(14-17)22(28)32)20(30)26-25-19(29)15-7-9-16(10-8-15)24-21(31)34-23(2,3)4/h15-18H,5-14H2,1-4H3,(H,24,31)(H,25,29)(H,26,30)/t15-,16-,17?,18-/m0/s1. The van der Waals surface area contributed by atoms with E-state index in [1.54, 1.807) is 0 Å². The van der Waals surface area contributed by atoms with Gasteiger partial charge in [-0.05, 0) is 65.7 Å². The zero-order chi connectivity index (χ0) is 24.9. The first-order valence-electron chi connectivity index (χ1n) is 12.4. The van der Waals surface area contributed by atoms with Crippen LogP contribution in [0.2, 0.25) is 0 Å². The number of hydrogen-bond acceptors (Lipinski definition) is 6. The summed E-state index contributed by atoms with van der Waals surface area (Å²) in [7, 11) is 0. The van der Waals surface area contributed by atoms with E-state index < -0.39 is 23.6 Å². The van der Waals surface area contributed by atoms with Crippen molar-refractivity contribution in [2.45, 2.75) is 103 Å². The van der Waals surface area contributed by atoms with Gasteiger partial charge >= 0.3 is 12.1 Å². The first kappa shape index (κ1) is 26.1. The van der Waals surface area contributed by atoms with Crippen LogP contribution < -0.4 is 16.2 Å². The van der Waals surface area contributed by atoms with Crippen LogP contribution in [-0.4, -0.2) is 70.8 Å². The number of urea groups is 1. The third kappa shape index (κ3) is 6.74. The second kappa shape index (κ2) is 11.2. The van der Waals surface area contributed by atoms with Crippen molar-refractivity contribution in [1.29, 1.82) is 0 Å². The Morgan fingerprint density at radius 1 is 1.00 bits per heavy atom. The maximum absolute atomic E-state index is 12.7. The molecule has 3 aliphatic rings. The van der Waals surface area contributed by atoms with Gasteiger partial charge in [-0.2, -0.15) is 5.06 Å². The fourth-order valence-electron chi connectivity index (χ4n) is 4.66. The molecule has 192 valence electrons. The maximum Gasteiger partial charge on any atom is 0.407 e. The normalized spacial score (nSPS) is 26.8. The molecule has 2 atom stereocenters. The van der Waals surface area contributed by atoms with Gasteiger partial charge in [0, 0.05) is 18.5 Å². The molecular weight excluding hydrogens is 442 g/mol. The Balaban J connectivity index is 1.40. The molecule has 0 spiro atoms. The van der Waals surface area contributed by atoms with Crippen LogP contribution in [0.1, 0.15) is 79.1 Å². The number of alkyl carbamates (subject to hydrolysis) is 1. The molecule has 11 heteroatoms. The Labute approximate surface area is 201 Å². The van der Waals surface area contributed by atoms with Gasteiger partial charge in [-0.1, -0.05) is 13.3 Å². The molecule has 1 unspecified atom stereocenters. The number of hydrogen-bond donors (Lipinski definition) is 3. The van der Waals surface area contributed by atoms with Crippen LogP contribution in [0.25, 0.3) is 0 Å². The molecule has 2 bridgehead atoms. The topological polar surface area (TPSA) is 129 Å². The lowest BCUT2D eigenvalue weighted by Crippen LogP contribution is -2.55. The van der Waals surface area contributed by atoms with E-state index in [1.165, 1.54) is 9.96 Å². The number of nitrogens with zero attached hydrogens (tertiary/aromatic N) is 2. The first-order chi connectivity index (χ1) is 16.1. The second-order valence-electron chi connectivity index (χ2n) is 10.4. The summed E-state index contributed by atoms with van der Waals surface area (Å²) in [5.41, 5.74) is 4.48. The van der Waals surface area contributed by atoms with E-state index in [-0.39, 0.29) is 29.9 Å². The van der Waals surface area contributed by atoms with E-state index in [4.69, 9.17) is 9.57 Å². The van der Waals surface area contributed by atoms with Crippen molar-refractivity contribution >= 4 is 23.9 Å². The van der Waals surface area contributed by atoms with Crippen molar-refractivity contribution in [2.75, 3.05) is 13.2 Å². The third-order valence-corrected chi connectivity index (χ3v) is 6.48. The summed E-state index contributed by atoms with van der Waals surface area (Å²) in [6, 6.07) is -0.988. The lowest BCUT2D eigenvalue weighted by molar-refractivity contribution is -0.134. The number of unbranched alkanes of at least 4 members (excludes halogenated alkanes) is 1. The van der Waals surface area contributed by atoms with Crippen LogP contribution in [0.5, 0.6) is 0 Å². The largest absolute Gasteiger partial charge is 0.444 e. The van der Waals surface area contributed by atoms with E-state index in [9.17, 15) is 19.2 Å². The zero-order valence-corrected chi connectivity index (χ0v) is 20.7.